The third kappa shape index (κ3) is 14.8. The zero-order valence-corrected chi connectivity index (χ0v) is 42.7. The van der Waals surface area contributed by atoms with Gasteiger partial charge in [0.05, 0.1) is 58.4 Å². The minimum atomic E-state index is -2.25. The van der Waals surface area contributed by atoms with Crippen LogP contribution in [0.5, 0.6) is 0 Å². The quantitative estimate of drug-likeness (QED) is 0.0423. The van der Waals surface area contributed by atoms with Gasteiger partial charge in [0.1, 0.15) is 140 Å². The molecule has 0 aromatic heterocycles. The third-order valence-electron chi connectivity index (χ3n) is 14.2. The molecule has 0 bridgehead atoms. The summed E-state index contributed by atoms with van der Waals surface area (Å²) < 4.78 is 69.3. The second-order valence-corrected chi connectivity index (χ2v) is 19.7. The minimum absolute atomic E-state index is 0.280. The van der Waals surface area contributed by atoms with Crippen LogP contribution in [0.25, 0.3) is 0 Å². The lowest BCUT2D eigenvalue weighted by atomic mass is 9.93. The van der Waals surface area contributed by atoms with Crippen LogP contribution in [0.4, 0.5) is 0 Å². The molecule has 35 heteroatoms. The van der Waals surface area contributed by atoms with Crippen molar-refractivity contribution in [1.82, 2.24) is 16.0 Å². The highest BCUT2D eigenvalue weighted by Gasteiger charge is 2.58. The summed E-state index contributed by atoms with van der Waals surface area (Å²) in [6.07, 6.45) is -51.9. The number of amides is 3. The lowest BCUT2D eigenvalue weighted by Crippen LogP contribution is -2.71. The van der Waals surface area contributed by atoms with Crippen LogP contribution in [-0.2, 0) is 71.2 Å². The van der Waals surface area contributed by atoms with E-state index in [0.29, 0.717) is 0 Å². The van der Waals surface area contributed by atoms with Crippen molar-refractivity contribution >= 4 is 18.2 Å². The molecule has 6 fully saturated rings. The second kappa shape index (κ2) is 29.2. The molecule has 0 spiro atoms. The summed E-state index contributed by atoms with van der Waals surface area (Å²) in [6, 6.07) is -4.44. The number of rotatable bonds is 23. The number of ether oxygens (including phenoxy) is 12. The molecule has 0 aromatic rings. The fourth-order valence-corrected chi connectivity index (χ4v) is 9.85. The Morgan fingerprint density at radius 2 is 0.785 bits per heavy atom. The van der Waals surface area contributed by atoms with E-state index in [-0.39, 0.29) is 6.41 Å². The molecule has 0 aliphatic carbocycles. The van der Waals surface area contributed by atoms with Crippen molar-refractivity contribution in [2.75, 3.05) is 46.2 Å². The van der Waals surface area contributed by atoms with Gasteiger partial charge in [0, 0.05) is 13.8 Å². The maximum atomic E-state index is 12.8. The molecule has 0 aromatic carbocycles. The molecule has 3 amide bonds. The Balaban J connectivity index is 1.21. The summed E-state index contributed by atoms with van der Waals surface area (Å²) in [5.41, 5.74) is 0. The minimum Gasteiger partial charge on any atom is -0.394 e. The first kappa shape index (κ1) is 65.4. The molecule has 6 heterocycles. The maximum Gasteiger partial charge on any atom is 0.217 e. The molecular formula is C44H75N3O32. The average molecular weight is 1160 g/mol. The Bertz CT molecular complexity index is 1900. The van der Waals surface area contributed by atoms with Crippen molar-refractivity contribution in [3.8, 4) is 0 Å². The Kier molecular flexibility index (Phi) is 24.2. The summed E-state index contributed by atoms with van der Waals surface area (Å²) in [4.78, 5) is 36.3. The Labute approximate surface area is 448 Å². The second-order valence-electron chi connectivity index (χ2n) is 19.7. The molecule has 6 aliphatic heterocycles. The van der Waals surface area contributed by atoms with Crippen LogP contribution < -0.4 is 16.0 Å². The molecule has 0 unspecified atom stereocenters. The van der Waals surface area contributed by atoms with Crippen LogP contribution in [0.3, 0.4) is 0 Å². The number of carbonyl (C=O) groups is 3. The number of aliphatic hydroxyl groups is 17. The monoisotopic (exact) mass is 1160 g/mol. The van der Waals surface area contributed by atoms with E-state index in [9.17, 15) is 101 Å². The van der Waals surface area contributed by atoms with Crippen LogP contribution >= 0.6 is 0 Å². The van der Waals surface area contributed by atoms with Gasteiger partial charge in [0.25, 0.3) is 0 Å². The fourth-order valence-electron chi connectivity index (χ4n) is 9.85. The van der Waals surface area contributed by atoms with Crippen LogP contribution in [0.2, 0.25) is 0 Å². The number of hydrogen-bond acceptors (Lipinski definition) is 32. The molecule has 6 aliphatic rings. The third-order valence-corrected chi connectivity index (χ3v) is 14.2. The van der Waals surface area contributed by atoms with Crippen LogP contribution in [0.15, 0.2) is 0 Å². The highest BCUT2D eigenvalue weighted by atomic mass is 16.8. The van der Waals surface area contributed by atoms with Crippen LogP contribution in [-0.4, -0.2) is 341 Å². The molecule has 31 atom stereocenters. The SMILES string of the molecule is CC(=O)N[C@H]1[C@H](O[C@H]2[C@@H](O)[C@@H](CO)O[C@@H](O[C@H]3[C@@H](O)[C@@H](CO)O[C@@H](O[C@@H]4[C@H](O)[C@@H](O)[C@H](O[C@H]5[C@H](O)[C@@H](O)[C@H](OC[C@@H](CO)NC=O)O[C@@H]5CO)O[C@@H]4CO)[C@@H]3NC(C)=O)[C@@H]2O)O[C@H](CO)[C@H](O)[C@@H]1O[C@@H]1O[C@@H](C)[C@@H](O)[C@@H](O)[C@@H]1O. The highest BCUT2D eigenvalue weighted by molar-refractivity contribution is 5.73. The van der Waals surface area contributed by atoms with Gasteiger partial charge >= 0.3 is 0 Å². The standard InChI is InChI=1S/C44H75N3O32/c1-12-23(57)27(61)30(64)42(69-12)77-36-22(47-14(3)56)40(71-17(6-50)24(36)58)79-38-26(60)18(7-51)72-44(33(38)67)78-37-21(46-13(2)55)39(70-16(5-49)25(37)59)75-34-20(9-53)74-43(32(66)29(34)63)76-35-19(8-52)73-41(31(65)28(35)62)68-10-15(4-48)45-11-54/h11-12,15-44,48-53,57-67H,4-10H2,1-3H3,(H,45,54)(H,46,55)(H,47,56)/t12-,15+,16+,17+,18+,19+,20+,21+,22+,23+,24-,25-,26-,27+,28+,29+,30-,31+,32+,33+,34-,35+,36+,37+,38-,39-,40-,41+,42-,43-,44-/m0/s1. The highest BCUT2D eigenvalue weighted by Crippen LogP contribution is 2.37. The molecule has 6 rings (SSSR count). The van der Waals surface area contributed by atoms with Crippen molar-refractivity contribution in [3.63, 3.8) is 0 Å². The molecule has 79 heavy (non-hydrogen) atoms. The molecule has 0 radical (unpaired) electrons. The first-order valence-electron chi connectivity index (χ1n) is 25.2. The van der Waals surface area contributed by atoms with Gasteiger partial charge in [0.2, 0.25) is 18.2 Å². The van der Waals surface area contributed by atoms with E-state index in [4.69, 9.17) is 56.8 Å². The van der Waals surface area contributed by atoms with Crippen molar-refractivity contribution in [3.05, 3.63) is 0 Å². The van der Waals surface area contributed by atoms with Gasteiger partial charge in [-0.15, -0.1) is 0 Å². The predicted octanol–water partition coefficient (Wildman–Crippen LogP) is -13.7. The predicted molar refractivity (Wildman–Crippen MR) is 245 cm³/mol. The Morgan fingerprint density at radius 3 is 1.23 bits per heavy atom. The van der Waals surface area contributed by atoms with E-state index < -0.39 is 248 Å². The zero-order chi connectivity index (χ0) is 58.3. The van der Waals surface area contributed by atoms with Gasteiger partial charge in [-0.05, 0) is 6.92 Å². The van der Waals surface area contributed by atoms with E-state index in [1.165, 1.54) is 6.92 Å². The number of carbonyl (C=O) groups excluding carboxylic acids is 3. The average Bonchev–Trinajstić information content (AvgIpc) is 3.44. The Morgan fingerprint density at radius 1 is 0.430 bits per heavy atom. The summed E-state index contributed by atoms with van der Waals surface area (Å²) in [5, 5.41) is 191. The van der Waals surface area contributed by atoms with Crippen LogP contribution in [0.1, 0.15) is 20.8 Å². The zero-order valence-electron chi connectivity index (χ0n) is 42.7. The van der Waals surface area contributed by atoms with Crippen molar-refractivity contribution < 1.29 is 158 Å². The van der Waals surface area contributed by atoms with Gasteiger partial charge in [-0.1, -0.05) is 0 Å². The van der Waals surface area contributed by atoms with Gasteiger partial charge in [-0.25, -0.2) is 0 Å². The normalized spacial score (nSPS) is 47.2. The first-order chi connectivity index (χ1) is 37.5. The molecule has 6 saturated heterocycles. The topological polar surface area (TPSA) is 542 Å². The van der Waals surface area contributed by atoms with Gasteiger partial charge in [-0.2, -0.15) is 0 Å². The fraction of sp³-hybridized carbons (Fsp3) is 0.932. The van der Waals surface area contributed by atoms with Gasteiger partial charge in [0.15, 0.2) is 37.7 Å². The number of hydrogen-bond donors (Lipinski definition) is 20. The summed E-state index contributed by atoms with van der Waals surface area (Å²) in [7, 11) is 0. The molecule has 0 saturated carbocycles. The van der Waals surface area contributed by atoms with Crippen molar-refractivity contribution in [2.45, 2.75) is 211 Å². The van der Waals surface area contributed by atoms with Crippen LogP contribution in [0, 0.1) is 0 Å². The molecular weight excluding hydrogens is 1080 g/mol. The Hall–Kier alpha value is -2.75. The number of nitrogens with one attached hydrogen (secondary N) is 3. The van der Waals surface area contributed by atoms with E-state index in [0.717, 1.165) is 13.8 Å². The maximum absolute atomic E-state index is 12.8. The number of aliphatic hydroxyl groups excluding tert-OH is 17. The van der Waals surface area contributed by atoms with E-state index in [2.05, 4.69) is 16.0 Å². The first-order valence-corrected chi connectivity index (χ1v) is 25.2. The molecule has 20 N–H and O–H groups in total. The van der Waals surface area contributed by atoms with E-state index in [1.54, 1.807) is 0 Å². The van der Waals surface area contributed by atoms with Crippen molar-refractivity contribution in [1.29, 1.82) is 0 Å². The lowest BCUT2D eigenvalue weighted by molar-refractivity contribution is -0.385. The molecule has 35 nitrogen and oxygen atoms in total. The summed E-state index contributed by atoms with van der Waals surface area (Å²) in [5.74, 6) is -1.69. The lowest BCUT2D eigenvalue weighted by Gasteiger charge is -2.51. The van der Waals surface area contributed by atoms with E-state index >= 15 is 0 Å². The summed E-state index contributed by atoms with van der Waals surface area (Å²) >= 11 is 0. The van der Waals surface area contributed by atoms with E-state index in [1.807, 2.05) is 0 Å². The largest absolute Gasteiger partial charge is 0.394 e. The summed E-state index contributed by atoms with van der Waals surface area (Å²) in [6.45, 7) is -2.64. The van der Waals surface area contributed by atoms with Gasteiger partial charge in [-0.3, -0.25) is 14.4 Å². The van der Waals surface area contributed by atoms with Crippen molar-refractivity contribution in [2.24, 2.45) is 0 Å². The van der Waals surface area contributed by atoms with Gasteiger partial charge < -0.3 is 160 Å². The molecule has 458 valence electrons. The smallest absolute Gasteiger partial charge is 0.217 e.